The second kappa shape index (κ2) is 8.64. The number of rotatable bonds is 5. The predicted octanol–water partition coefficient (Wildman–Crippen LogP) is 3.20. The molecule has 1 aliphatic heterocycles. The molecule has 7 nitrogen and oxygen atoms in total. The van der Waals surface area contributed by atoms with Crippen molar-refractivity contribution in [2.24, 2.45) is 5.41 Å². The Morgan fingerprint density at radius 1 is 1.04 bits per heavy atom. The number of nitrogens with one attached hydrogen (secondary N) is 3. The fourth-order valence-corrected chi connectivity index (χ4v) is 4.56. The molecule has 1 atom stereocenters. The first kappa shape index (κ1) is 21.7. The normalized spacial score (nSPS) is 18.8. The minimum Gasteiger partial charge on any atom is -0.316 e. The zero-order chi connectivity index (χ0) is 18.9. The molecule has 2 aromatic heterocycles. The fraction of sp³-hybridized carbons (Fsp3) is 0.529. The van der Waals surface area contributed by atoms with Gasteiger partial charge in [-0.3, -0.25) is 9.59 Å². The highest BCUT2D eigenvalue weighted by Gasteiger charge is 2.43. The highest BCUT2D eigenvalue weighted by Crippen LogP contribution is 2.33. The number of halogens is 1. The van der Waals surface area contributed by atoms with Gasteiger partial charge in [-0.05, 0) is 40.7 Å². The van der Waals surface area contributed by atoms with E-state index in [1.54, 1.807) is 0 Å². The van der Waals surface area contributed by atoms with Gasteiger partial charge in [-0.15, -0.1) is 35.1 Å². The van der Waals surface area contributed by atoms with Crippen LogP contribution in [0.3, 0.4) is 0 Å². The Bertz CT molecular complexity index is 803. The van der Waals surface area contributed by atoms with Crippen molar-refractivity contribution in [3.8, 4) is 0 Å². The molecule has 0 bridgehead atoms. The number of aromatic nitrogens is 2. The van der Waals surface area contributed by atoms with Crippen molar-refractivity contribution in [1.82, 2.24) is 15.3 Å². The zero-order valence-electron chi connectivity index (χ0n) is 15.8. The maximum Gasteiger partial charge on any atom is 0.234 e. The summed E-state index contributed by atoms with van der Waals surface area (Å²) >= 11 is 2.90. The van der Waals surface area contributed by atoms with Crippen molar-refractivity contribution >= 4 is 57.2 Å². The number of hydrogen-bond acceptors (Lipinski definition) is 7. The Hall–Kier alpha value is -1.55. The van der Waals surface area contributed by atoms with Gasteiger partial charge in [0.1, 0.15) is 0 Å². The molecule has 1 unspecified atom stereocenters. The number of nitrogens with zero attached hydrogens (tertiary/aromatic N) is 2. The Balaban J connectivity index is 0.00000261. The van der Waals surface area contributed by atoms with Crippen LogP contribution in [0.5, 0.6) is 0 Å². The minimum absolute atomic E-state index is 0. The Morgan fingerprint density at radius 3 is 2.04 bits per heavy atom. The largest absolute Gasteiger partial charge is 0.316 e. The zero-order valence-corrected chi connectivity index (χ0v) is 18.2. The highest BCUT2D eigenvalue weighted by molar-refractivity contribution is 7.16. The van der Waals surface area contributed by atoms with Crippen LogP contribution in [0.25, 0.3) is 0 Å². The molecule has 1 aliphatic rings. The molecule has 0 aliphatic carbocycles. The number of aryl methyl sites for hydroxylation is 4. The van der Waals surface area contributed by atoms with E-state index in [4.69, 9.17) is 0 Å². The summed E-state index contributed by atoms with van der Waals surface area (Å²) in [5.74, 6) is -0.345. The van der Waals surface area contributed by atoms with Crippen molar-refractivity contribution in [1.29, 1.82) is 0 Å². The van der Waals surface area contributed by atoms with Gasteiger partial charge in [-0.1, -0.05) is 0 Å². The van der Waals surface area contributed by atoms with Gasteiger partial charge in [0.2, 0.25) is 11.8 Å². The molecular weight excluding hydrogens is 406 g/mol. The van der Waals surface area contributed by atoms with E-state index in [0.29, 0.717) is 29.8 Å². The maximum atomic E-state index is 12.9. The molecule has 148 valence electrons. The Kier molecular flexibility index (Phi) is 6.96. The molecule has 3 N–H and O–H groups in total. The number of carbonyl (C=O) groups is 2. The molecule has 1 fully saturated rings. The Morgan fingerprint density at radius 2 is 1.59 bits per heavy atom. The molecule has 3 heterocycles. The van der Waals surface area contributed by atoms with E-state index in [-0.39, 0.29) is 30.6 Å². The molecular formula is C17H24ClN5O2S2. The average molecular weight is 430 g/mol. The van der Waals surface area contributed by atoms with Gasteiger partial charge in [0.25, 0.3) is 0 Å². The van der Waals surface area contributed by atoms with Crippen LogP contribution in [-0.4, -0.2) is 34.9 Å². The van der Waals surface area contributed by atoms with Crippen LogP contribution in [0.4, 0.5) is 10.3 Å². The van der Waals surface area contributed by atoms with Crippen LogP contribution in [0, 0.1) is 33.1 Å². The highest BCUT2D eigenvalue weighted by atomic mass is 35.5. The first-order valence-corrected chi connectivity index (χ1v) is 10.1. The first-order chi connectivity index (χ1) is 12.3. The summed E-state index contributed by atoms with van der Waals surface area (Å²) < 4.78 is 0. The summed E-state index contributed by atoms with van der Waals surface area (Å²) in [6, 6.07) is 0. The van der Waals surface area contributed by atoms with Crippen molar-refractivity contribution < 1.29 is 9.59 Å². The molecule has 1 saturated heterocycles. The van der Waals surface area contributed by atoms with Gasteiger partial charge in [-0.25, -0.2) is 9.97 Å². The van der Waals surface area contributed by atoms with Crippen LogP contribution in [0.15, 0.2) is 0 Å². The van der Waals surface area contributed by atoms with Crippen LogP contribution in [0.1, 0.15) is 34.0 Å². The molecule has 0 radical (unpaired) electrons. The van der Waals surface area contributed by atoms with Gasteiger partial charge in [0, 0.05) is 22.7 Å². The molecule has 2 aromatic rings. The molecule has 0 saturated carbocycles. The lowest BCUT2D eigenvalue weighted by Crippen LogP contribution is -2.41. The third-order valence-corrected chi connectivity index (χ3v) is 6.72. The topological polar surface area (TPSA) is 96.0 Å². The van der Waals surface area contributed by atoms with E-state index >= 15 is 0 Å². The minimum atomic E-state index is -0.765. The number of anilines is 2. The second-order valence-electron chi connectivity index (χ2n) is 6.71. The monoisotopic (exact) mass is 429 g/mol. The third kappa shape index (κ3) is 4.84. The van der Waals surface area contributed by atoms with Crippen molar-refractivity contribution in [3.63, 3.8) is 0 Å². The van der Waals surface area contributed by atoms with E-state index < -0.39 is 5.41 Å². The lowest BCUT2D eigenvalue weighted by Gasteiger charge is -2.25. The van der Waals surface area contributed by atoms with E-state index in [1.807, 2.05) is 27.7 Å². The number of amides is 2. The van der Waals surface area contributed by atoms with Gasteiger partial charge in [-0.2, -0.15) is 0 Å². The lowest BCUT2D eigenvalue weighted by molar-refractivity contribution is -0.129. The van der Waals surface area contributed by atoms with Gasteiger partial charge in [0.05, 0.1) is 16.8 Å². The lowest BCUT2D eigenvalue weighted by atomic mass is 9.82. The molecule has 27 heavy (non-hydrogen) atoms. The van der Waals surface area contributed by atoms with Crippen molar-refractivity contribution in [2.45, 2.75) is 40.5 Å². The third-order valence-electron chi connectivity index (χ3n) is 4.75. The van der Waals surface area contributed by atoms with Crippen LogP contribution in [0.2, 0.25) is 0 Å². The second-order valence-corrected chi connectivity index (χ2v) is 9.11. The van der Waals surface area contributed by atoms with Crippen LogP contribution < -0.4 is 16.0 Å². The average Bonchev–Trinajstić information content (AvgIpc) is 3.22. The van der Waals surface area contributed by atoms with Crippen molar-refractivity contribution in [3.05, 3.63) is 21.1 Å². The van der Waals surface area contributed by atoms with E-state index in [1.165, 1.54) is 22.7 Å². The summed E-state index contributed by atoms with van der Waals surface area (Å²) in [5, 5.41) is 10.1. The van der Waals surface area contributed by atoms with Gasteiger partial charge in [0.15, 0.2) is 10.3 Å². The fourth-order valence-electron chi connectivity index (χ4n) is 2.92. The molecule has 0 spiro atoms. The maximum absolute atomic E-state index is 12.9. The van der Waals surface area contributed by atoms with E-state index in [2.05, 4.69) is 25.9 Å². The Labute approximate surface area is 172 Å². The first-order valence-electron chi connectivity index (χ1n) is 8.49. The predicted molar refractivity (Wildman–Crippen MR) is 112 cm³/mol. The number of thiazole rings is 2. The number of hydrogen-bond donors (Lipinski definition) is 3. The summed E-state index contributed by atoms with van der Waals surface area (Å²) in [5.41, 5.74) is 1.06. The molecule has 10 heteroatoms. The SMILES string of the molecule is Cc1nc(NC(=O)CC2(C(=O)Nc3nc(C)c(C)s3)CCNC2)sc1C.Cl. The van der Waals surface area contributed by atoms with Gasteiger partial charge < -0.3 is 16.0 Å². The standard InChI is InChI=1S/C17H23N5O2S2.ClH/c1-9-11(3)25-15(19-9)21-13(23)7-17(5-6-18-8-17)14(24)22-16-20-10(2)12(4)26-16;/h18H,5-8H2,1-4H3,(H,19,21,23)(H,20,22,24);1H. The summed E-state index contributed by atoms with van der Waals surface area (Å²) in [6.45, 7) is 8.96. The quantitative estimate of drug-likeness (QED) is 0.678. The summed E-state index contributed by atoms with van der Waals surface area (Å²) in [7, 11) is 0. The van der Waals surface area contributed by atoms with Gasteiger partial charge >= 0.3 is 0 Å². The van der Waals surface area contributed by atoms with Crippen LogP contribution >= 0.6 is 35.1 Å². The van der Waals surface area contributed by atoms with Crippen molar-refractivity contribution in [2.75, 3.05) is 23.7 Å². The summed E-state index contributed by atoms with van der Waals surface area (Å²) in [6.07, 6.45) is 0.734. The summed E-state index contributed by atoms with van der Waals surface area (Å²) in [4.78, 5) is 36.3. The van der Waals surface area contributed by atoms with E-state index in [0.717, 1.165) is 21.1 Å². The van der Waals surface area contributed by atoms with E-state index in [9.17, 15) is 9.59 Å². The number of carbonyl (C=O) groups excluding carboxylic acids is 2. The smallest absolute Gasteiger partial charge is 0.234 e. The molecule has 3 rings (SSSR count). The molecule has 2 amide bonds. The van der Waals surface area contributed by atoms with Crippen LogP contribution in [-0.2, 0) is 9.59 Å². The molecule has 0 aromatic carbocycles.